The molecule has 1 aliphatic rings. The van der Waals surface area contributed by atoms with Crippen molar-refractivity contribution in [1.29, 1.82) is 0 Å². The van der Waals surface area contributed by atoms with Gasteiger partial charge in [0, 0.05) is 37.0 Å². The Bertz CT molecular complexity index is 664. The van der Waals surface area contributed by atoms with E-state index in [2.05, 4.69) is 10.1 Å². The van der Waals surface area contributed by atoms with E-state index in [1.54, 1.807) is 15.6 Å². The van der Waals surface area contributed by atoms with Crippen LogP contribution in [0.5, 0.6) is 0 Å². The Morgan fingerprint density at radius 3 is 3.00 bits per heavy atom. The lowest BCUT2D eigenvalue weighted by molar-refractivity contribution is 0.0783. The summed E-state index contributed by atoms with van der Waals surface area (Å²) in [6.45, 7) is 5.28. The smallest absolute Gasteiger partial charge is 0.259 e. The van der Waals surface area contributed by atoms with Gasteiger partial charge in [0.15, 0.2) is 5.65 Å². The summed E-state index contributed by atoms with van der Waals surface area (Å²) >= 11 is 0. The Kier molecular flexibility index (Phi) is 3.17. The van der Waals surface area contributed by atoms with Crippen LogP contribution in [0, 0.1) is 19.8 Å². The Hall–Kier alpha value is -1.95. The number of aliphatic hydroxyl groups excluding tert-OH is 1. The summed E-state index contributed by atoms with van der Waals surface area (Å²) in [5.41, 5.74) is 2.98. The molecule has 2 aromatic rings. The van der Waals surface area contributed by atoms with Crippen LogP contribution in [0.25, 0.3) is 5.65 Å². The molecule has 20 heavy (non-hydrogen) atoms. The third-order valence-corrected chi connectivity index (χ3v) is 3.84. The first kappa shape index (κ1) is 13.1. The van der Waals surface area contributed by atoms with Gasteiger partial charge in [0.05, 0.1) is 6.20 Å². The standard InChI is InChI=1S/C14H18N4O2/c1-9-5-10(2)18-13(16-9)12(6-15-18)14(20)17-4-3-11(7-17)8-19/h5-6,11,19H,3-4,7-8H2,1-2H3. The largest absolute Gasteiger partial charge is 0.396 e. The molecule has 1 fully saturated rings. The normalized spacial score (nSPS) is 18.9. The summed E-state index contributed by atoms with van der Waals surface area (Å²) in [5, 5.41) is 13.4. The van der Waals surface area contributed by atoms with Gasteiger partial charge in [-0.1, -0.05) is 0 Å². The molecule has 1 aliphatic heterocycles. The third kappa shape index (κ3) is 2.06. The summed E-state index contributed by atoms with van der Waals surface area (Å²) in [5.74, 6) is 0.144. The molecular formula is C14H18N4O2. The van der Waals surface area contributed by atoms with Crippen molar-refractivity contribution in [3.63, 3.8) is 0 Å². The van der Waals surface area contributed by atoms with Crippen molar-refractivity contribution in [2.24, 2.45) is 5.92 Å². The number of aromatic nitrogens is 3. The fraction of sp³-hybridized carbons (Fsp3) is 0.500. The van der Waals surface area contributed by atoms with Gasteiger partial charge in [0.25, 0.3) is 5.91 Å². The van der Waals surface area contributed by atoms with Gasteiger partial charge in [0.1, 0.15) is 5.56 Å². The van der Waals surface area contributed by atoms with E-state index in [1.807, 2.05) is 19.9 Å². The molecule has 1 N–H and O–H groups in total. The van der Waals surface area contributed by atoms with Crippen LogP contribution < -0.4 is 0 Å². The van der Waals surface area contributed by atoms with E-state index in [1.165, 1.54) is 0 Å². The van der Waals surface area contributed by atoms with E-state index in [0.29, 0.717) is 24.3 Å². The number of amides is 1. The number of aliphatic hydroxyl groups is 1. The SMILES string of the molecule is Cc1cc(C)n2ncc(C(=O)N3CCC(CO)C3)c2n1. The highest BCUT2D eigenvalue weighted by Crippen LogP contribution is 2.20. The van der Waals surface area contributed by atoms with Crippen LogP contribution in [0.3, 0.4) is 0 Å². The van der Waals surface area contributed by atoms with Crippen LogP contribution in [-0.4, -0.2) is 50.2 Å². The van der Waals surface area contributed by atoms with E-state index >= 15 is 0 Å². The lowest BCUT2D eigenvalue weighted by Crippen LogP contribution is -2.29. The summed E-state index contributed by atoms with van der Waals surface area (Å²) in [6.07, 6.45) is 2.44. The fourth-order valence-corrected chi connectivity index (χ4v) is 2.76. The monoisotopic (exact) mass is 274 g/mol. The number of likely N-dealkylation sites (tertiary alicyclic amines) is 1. The molecule has 2 aromatic heterocycles. The van der Waals surface area contributed by atoms with Crippen LogP contribution in [-0.2, 0) is 0 Å². The first-order valence-electron chi connectivity index (χ1n) is 6.82. The predicted octanol–water partition coefficient (Wildman–Crippen LogP) is 0.801. The maximum Gasteiger partial charge on any atom is 0.259 e. The minimum Gasteiger partial charge on any atom is -0.396 e. The van der Waals surface area contributed by atoms with Crippen LogP contribution in [0.15, 0.2) is 12.3 Å². The van der Waals surface area contributed by atoms with E-state index in [0.717, 1.165) is 17.8 Å². The first-order valence-corrected chi connectivity index (χ1v) is 6.82. The van der Waals surface area contributed by atoms with Gasteiger partial charge in [-0.15, -0.1) is 0 Å². The Balaban J connectivity index is 1.96. The third-order valence-electron chi connectivity index (χ3n) is 3.84. The molecule has 6 nitrogen and oxygen atoms in total. The highest BCUT2D eigenvalue weighted by molar-refractivity contribution is 5.99. The van der Waals surface area contributed by atoms with E-state index in [4.69, 9.17) is 0 Å². The Morgan fingerprint density at radius 2 is 2.30 bits per heavy atom. The number of rotatable bonds is 2. The Labute approximate surface area is 117 Å². The van der Waals surface area contributed by atoms with Crippen molar-refractivity contribution in [2.75, 3.05) is 19.7 Å². The molecule has 1 unspecified atom stereocenters. The summed E-state index contributed by atoms with van der Waals surface area (Å²) in [4.78, 5) is 18.8. The highest BCUT2D eigenvalue weighted by atomic mass is 16.3. The molecular weight excluding hydrogens is 256 g/mol. The number of hydrogen-bond acceptors (Lipinski definition) is 4. The average Bonchev–Trinajstić information content (AvgIpc) is 3.04. The van der Waals surface area contributed by atoms with Crippen molar-refractivity contribution in [3.05, 3.63) is 29.2 Å². The molecule has 6 heteroatoms. The summed E-state index contributed by atoms with van der Waals surface area (Å²) < 4.78 is 1.69. The number of carbonyl (C=O) groups is 1. The van der Waals surface area contributed by atoms with Crippen LogP contribution in [0.2, 0.25) is 0 Å². The maximum atomic E-state index is 12.6. The molecule has 0 spiro atoms. The lowest BCUT2D eigenvalue weighted by Gasteiger charge is -2.15. The summed E-state index contributed by atoms with van der Waals surface area (Å²) in [6, 6.07) is 1.94. The second kappa shape index (κ2) is 4.86. The van der Waals surface area contributed by atoms with Gasteiger partial charge < -0.3 is 10.0 Å². The molecule has 3 rings (SSSR count). The van der Waals surface area contributed by atoms with Crippen LogP contribution >= 0.6 is 0 Å². The van der Waals surface area contributed by atoms with Crippen LogP contribution in [0.1, 0.15) is 28.2 Å². The zero-order valence-electron chi connectivity index (χ0n) is 11.7. The van der Waals surface area contributed by atoms with Crippen molar-refractivity contribution in [3.8, 4) is 0 Å². The molecule has 3 heterocycles. The molecule has 106 valence electrons. The molecule has 0 bridgehead atoms. The molecule has 1 atom stereocenters. The maximum absolute atomic E-state index is 12.6. The van der Waals surface area contributed by atoms with E-state index in [9.17, 15) is 9.90 Å². The fourth-order valence-electron chi connectivity index (χ4n) is 2.76. The Morgan fingerprint density at radius 1 is 1.50 bits per heavy atom. The lowest BCUT2D eigenvalue weighted by atomic mass is 10.1. The van der Waals surface area contributed by atoms with Crippen LogP contribution in [0.4, 0.5) is 0 Å². The van der Waals surface area contributed by atoms with Gasteiger partial charge in [-0.25, -0.2) is 9.50 Å². The highest BCUT2D eigenvalue weighted by Gasteiger charge is 2.28. The van der Waals surface area contributed by atoms with Gasteiger partial charge in [-0.3, -0.25) is 4.79 Å². The quantitative estimate of drug-likeness (QED) is 0.879. The van der Waals surface area contributed by atoms with Crippen molar-refractivity contribution in [1.82, 2.24) is 19.5 Å². The van der Waals surface area contributed by atoms with E-state index < -0.39 is 0 Å². The van der Waals surface area contributed by atoms with Crippen molar-refractivity contribution >= 4 is 11.6 Å². The number of hydrogen-bond donors (Lipinski definition) is 1. The molecule has 0 aromatic carbocycles. The molecule has 0 radical (unpaired) electrons. The van der Waals surface area contributed by atoms with Gasteiger partial charge in [-0.2, -0.15) is 5.10 Å². The molecule has 0 saturated carbocycles. The number of fused-ring (bicyclic) bond motifs is 1. The predicted molar refractivity (Wildman–Crippen MR) is 73.6 cm³/mol. The first-order chi connectivity index (χ1) is 9.60. The van der Waals surface area contributed by atoms with Gasteiger partial charge >= 0.3 is 0 Å². The number of carbonyl (C=O) groups excluding carboxylic acids is 1. The second-order valence-corrected chi connectivity index (χ2v) is 5.42. The van der Waals surface area contributed by atoms with Crippen molar-refractivity contribution in [2.45, 2.75) is 20.3 Å². The molecule has 0 aliphatic carbocycles. The molecule has 1 amide bonds. The summed E-state index contributed by atoms with van der Waals surface area (Å²) in [7, 11) is 0. The number of nitrogens with zero attached hydrogens (tertiary/aromatic N) is 4. The van der Waals surface area contributed by atoms with Crippen molar-refractivity contribution < 1.29 is 9.90 Å². The topological polar surface area (TPSA) is 70.7 Å². The van der Waals surface area contributed by atoms with Gasteiger partial charge in [0.2, 0.25) is 0 Å². The average molecular weight is 274 g/mol. The van der Waals surface area contributed by atoms with E-state index in [-0.39, 0.29) is 18.4 Å². The minimum atomic E-state index is -0.0477. The molecule has 1 saturated heterocycles. The minimum absolute atomic E-state index is 0.0477. The number of aryl methyl sites for hydroxylation is 2. The second-order valence-electron chi connectivity index (χ2n) is 5.42. The van der Waals surface area contributed by atoms with Gasteiger partial charge in [-0.05, 0) is 26.3 Å². The zero-order valence-corrected chi connectivity index (χ0v) is 11.7. The zero-order chi connectivity index (χ0) is 14.3.